The number of nitrogens with one attached hydrogen (secondary N) is 1. The standard InChI is InChI=1S/C11H18N2O4S2/c1-6(2)5-9(10(14)15)13-19(16,17)11-7(3)12-8(4)18-11/h6,9,13H,5H2,1-4H3,(H,14,15)/t9-/m0/s1. The van der Waals surface area contributed by atoms with Crippen LogP contribution in [-0.4, -0.2) is 30.5 Å². The molecule has 0 fully saturated rings. The van der Waals surface area contributed by atoms with E-state index in [1.54, 1.807) is 13.8 Å². The van der Waals surface area contributed by atoms with E-state index in [9.17, 15) is 13.2 Å². The maximum atomic E-state index is 12.2. The number of hydrogen-bond donors (Lipinski definition) is 2. The lowest BCUT2D eigenvalue weighted by atomic mass is 10.1. The zero-order valence-corrected chi connectivity index (χ0v) is 12.9. The van der Waals surface area contributed by atoms with Gasteiger partial charge in [0.25, 0.3) is 10.0 Å². The largest absolute Gasteiger partial charge is 0.480 e. The minimum atomic E-state index is -3.83. The molecule has 1 atom stereocenters. The second-order valence-electron chi connectivity index (χ2n) is 4.75. The SMILES string of the molecule is Cc1nc(C)c(S(=O)(=O)N[C@@H](CC(C)C)C(=O)O)s1. The summed E-state index contributed by atoms with van der Waals surface area (Å²) in [4.78, 5) is 15.1. The fourth-order valence-corrected chi connectivity index (χ4v) is 4.38. The molecule has 19 heavy (non-hydrogen) atoms. The average Bonchev–Trinajstić information content (AvgIpc) is 2.56. The molecule has 1 rings (SSSR count). The maximum absolute atomic E-state index is 12.2. The number of carboxylic acid groups (broad SMARTS) is 1. The molecule has 0 aliphatic carbocycles. The van der Waals surface area contributed by atoms with Crippen molar-refractivity contribution >= 4 is 27.3 Å². The summed E-state index contributed by atoms with van der Waals surface area (Å²) in [6.45, 7) is 6.98. The summed E-state index contributed by atoms with van der Waals surface area (Å²) >= 11 is 1.04. The number of hydrogen-bond acceptors (Lipinski definition) is 5. The maximum Gasteiger partial charge on any atom is 0.321 e. The first-order chi connectivity index (χ1) is 8.63. The number of rotatable bonds is 6. The molecule has 0 unspecified atom stereocenters. The van der Waals surface area contributed by atoms with Gasteiger partial charge in [-0.2, -0.15) is 4.72 Å². The molecule has 0 bridgehead atoms. The topological polar surface area (TPSA) is 96.4 Å². The van der Waals surface area contributed by atoms with Crippen molar-refractivity contribution in [3.63, 3.8) is 0 Å². The third kappa shape index (κ3) is 4.26. The highest BCUT2D eigenvalue weighted by Gasteiger charge is 2.28. The highest BCUT2D eigenvalue weighted by Crippen LogP contribution is 2.23. The number of aryl methyl sites for hydroxylation is 2. The predicted octanol–water partition coefficient (Wildman–Crippen LogP) is 1.54. The van der Waals surface area contributed by atoms with E-state index in [2.05, 4.69) is 9.71 Å². The van der Waals surface area contributed by atoms with Gasteiger partial charge in [-0.05, 0) is 26.2 Å². The van der Waals surface area contributed by atoms with Crippen LogP contribution in [0.15, 0.2) is 4.21 Å². The van der Waals surface area contributed by atoms with Gasteiger partial charge in [-0.1, -0.05) is 13.8 Å². The van der Waals surface area contributed by atoms with Gasteiger partial charge in [0.15, 0.2) is 4.21 Å². The van der Waals surface area contributed by atoms with Crippen LogP contribution in [0, 0.1) is 19.8 Å². The van der Waals surface area contributed by atoms with Gasteiger partial charge in [-0.3, -0.25) is 4.79 Å². The summed E-state index contributed by atoms with van der Waals surface area (Å²) < 4.78 is 26.6. The van der Waals surface area contributed by atoms with Crippen molar-refractivity contribution in [3.05, 3.63) is 10.7 Å². The molecule has 1 heterocycles. The Morgan fingerprint density at radius 1 is 1.42 bits per heavy atom. The summed E-state index contributed by atoms with van der Waals surface area (Å²) in [5, 5.41) is 9.70. The Morgan fingerprint density at radius 3 is 2.37 bits per heavy atom. The monoisotopic (exact) mass is 306 g/mol. The predicted molar refractivity (Wildman–Crippen MR) is 72.8 cm³/mol. The molecule has 108 valence electrons. The van der Waals surface area contributed by atoms with Crippen LogP contribution in [0.25, 0.3) is 0 Å². The lowest BCUT2D eigenvalue weighted by molar-refractivity contribution is -0.139. The molecule has 0 aromatic carbocycles. The number of aliphatic carboxylic acids is 1. The van der Waals surface area contributed by atoms with Crippen LogP contribution in [0.1, 0.15) is 31.0 Å². The third-order valence-corrected chi connectivity index (χ3v) is 5.56. The van der Waals surface area contributed by atoms with Gasteiger partial charge in [0, 0.05) is 0 Å². The van der Waals surface area contributed by atoms with Crippen LogP contribution >= 0.6 is 11.3 Å². The fourth-order valence-electron chi connectivity index (χ4n) is 1.67. The number of nitrogens with zero attached hydrogens (tertiary/aromatic N) is 1. The lowest BCUT2D eigenvalue weighted by Gasteiger charge is -2.16. The first-order valence-corrected chi connectivity index (χ1v) is 8.12. The smallest absolute Gasteiger partial charge is 0.321 e. The zero-order valence-electron chi connectivity index (χ0n) is 11.3. The molecule has 0 saturated carbocycles. The molecule has 2 N–H and O–H groups in total. The molecular formula is C11H18N2O4S2. The van der Waals surface area contributed by atoms with Crippen molar-refractivity contribution in [3.8, 4) is 0 Å². The minimum Gasteiger partial charge on any atom is -0.480 e. The van der Waals surface area contributed by atoms with Crippen LogP contribution in [0.3, 0.4) is 0 Å². The van der Waals surface area contributed by atoms with Gasteiger partial charge in [0.05, 0.1) is 10.7 Å². The molecule has 0 radical (unpaired) electrons. The summed E-state index contributed by atoms with van der Waals surface area (Å²) in [5.74, 6) is -1.09. The number of carboxylic acids is 1. The van der Waals surface area contributed by atoms with E-state index in [1.165, 1.54) is 0 Å². The minimum absolute atomic E-state index is 0.0769. The van der Waals surface area contributed by atoms with Crippen molar-refractivity contribution < 1.29 is 18.3 Å². The van der Waals surface area contributed by atoms with Gasteiger partial charge < -0.3 is 5.11 Å². The Balaban J connectivity index is 3.01. The van der Waals surface area contributed by atoms with Gasteiger partial charge in [0.2, 0.25) is 0 Å². The van der Waals surface area contributed by atoms with Crippen molar-refractivity contribution in [2.45, 2.75) is 44.4 Å². The summed E-state index contributed by atoms with van der Waals surface area (Å²) in [6.07, 6.45) is 0.241. The van der Waals surface area contributed by atoms with Crippen LogP contribution in [0.4, 0.5) is 0 Å². The Morgan fingerprint density at radius 2 is 2.00 bits per heavy atom. The van der Waals surface area contributed by atoms with E-state index >= 15 is 0 Å². The zero-order chi connectivity index (χ0) is 14.8. The van der Waals surface area contributed by atoms with Crippen LogP contribution in [0.5, 0.6) is 0 Å². The van der Waals surface area contributed by atoms with E-state index in [-0.39, 0.29) is 16.5 Å². The second kappa shape index (κ2) is 5.98. The highest BCUT2D eigenvalue weighted by atomic mass is 32.2. The fraction of sp³-hybridized carbons (Fsp3) is 0.636. The molecule has 0 amide bonds. The van der Waals surface area contributed by atoms with Gasteiger partial charge in [0.1, 0.15) is 6.04 Å². The van der Waals surface area contributed by atoms with E-state index in [0.29, 0.717) is 10.7 Å². The Kier molecular flexibility index (Phi) is 5.05. The van der Waals surface area contributed by atoms with Gasteiger partial charge in [-0.25, -0.2) is 13.4 Å². The molecule has 0 aliphatic heterocycles. The number of carbonyl (C=O) groups is 1. The molecule has 6 nitrogen and oxygen atoms in total. The van der Waals surface area contributed by atoms with Gasteiger partial charge >= 0.3 is 5.97 Å². The summed E-state index contributed by atoms with van der Waals surface area (Å²) in [7, 11) is -3.83. The number of sulfonamides is 1. The third-order valence-electron chi connectivity index (χ3n) is 2.41. The van der Waals surface area contributed by atoms with E-state index in [1.807, 2.05) is 13.8 Å². The van der Waals surface area contributed by atoms with E-state index < -0.39 is 22.0 Å². The molecule has 0 spiro atoms. The number of aromatic nitrogens is 1. The summed E-state index contributed by atoms with van der Waals surface area (Å²) in [6, 6.07) is -1.12. The Bertz CT molecular complexity index is 563. The Labute approximate surface area is 116 Å². The van der Waals surface area contributed by atoms with Crippen molar-refractivity contribution in [1.29, 1.82) is 0 Å². The number of thiazole rings is 1. The van der Waals surface area contributed by atoms with Crippen molar-refractivity contribution in [2.75, 3.05) is 0 Å². The Hall–Kier alpha value is -0.990. The average molecular weight is 306 g/mol. The highest BCUT2D eigenvalue weighted by molar-refractivity contribution is 7.91. The first kappa shape index (κ1) is 16.1. The normalized spacial score (nSPS) is 13.7. The first-order valence-electron chi connectivity index (χ1n) is 5.82. The quantitative estimate of drug-likeness (QED) is 0.831. The molecule has 0 aliphatic rings. The van der Waals surface area contributed by atoms with Gasteiger partial charge in [-0.15, -0.1) is 11.3 Å². The van der Waals surface area contributed by atoms with Crippen molar-refractivity contribution in [1.82, 2.24) is 9.71 Å². The van der Waals surface area contributed by atoms with E-state index in [4.69, 9.17) is 5.11 Å². The van der Waals surface area contributed by atoms with E-state index in [0.717, 1.165) is 11.3 Å². The van der Waals surface area contributed by atoms with Crippen LogP contribution in [0.2, 0.25) is 0 Å². The second-order valence-corrected chi connectivity index (χ2v) is 7.86. The lowest BCUT2D eigenvalue weighted by Crippen LogP contribution is -2.41. The molecule has 8 heteroatoms. The molecular weight excluding hydrogens is 288 g/mol. The summed E-state index contributed by atoms with van der Waals surface area (Å²) in [5.41, 5.74) is 0.392. The van der Waals surface area contributed by atoms with Crippen LogP contribution < -0.4 is 4.72 Å². The van der Waals surface area contributed by atoms with Crippen LogP contribution in [-0.2, 0) is 14.8 Å². The van der Waals surface area contributed by atoms with Crippen molar-refractivity contribution in [2.24, 2.45) is 5.92 Å². The molecule has 1 aromatic rings. The molecule has 0 saturated heterocycles. The molecule has 1 aromatic heterocycles.